The Morgan fingerprint density at radius 2 is 1.49 bits per heavy atom. The molecular weight excluding hydrogens is 506 g/mol. The van der Waals surface area contributed by atoms with E-state index >= 15 is 0 Å². The smallest absolute Gasteiger partial charge is 0.405 e. The fourth-order valence-electron chi connectivity index (χ4n) is 5.06. The lowest BCUT2D eigenvalue weighted by Crippen LogP contribution is -2.66. The summed E-state index contributed by atoms with van der Waals surface area (Å²) in [4.78, 5) is 11.5. The van der Waals surface area contributed by atoms with Crippen LogP contribution >= 0.6 is 0 Å². The summed E-state index contributed by atoms with van der Waals surface area (Å²) in [7, 11) is -2.68. The van der Waals surface area contributed by atoms with Gasteiger partial charge in [0.25, 0.3) is 8.32 Å². The molecule has 0 spiro atoms. The van der Waals surface area contributed by atoms with Gasteiger partial charge in [0.1, 0.15) is 6.04 Å². The Morgan fingerprint density at radius 1 is 0.923 bits per heavy atom. The highest BCUT2D eigenvalue weighted by molar-refractivity contribution is 6.99. The number of aromatic nitrogens is 2. The number of aryl methyl sites for hydroxylation is 1. The number of carboxylic acid groups (broad SMARTS) is 1. The molecule has 1 unspecified atom stereocenters. The van der Waals surface area contributed by atoms with E-state index in [0.29, 0.717) is 25.3 Å². The summed E-state index contributed by atoms with van der Waals surface area (Å²) >= 11 is 0. The zero-order valence-corrected chi connectivity index (χ0v) is 24.1. The summed E-state index contributed by atoms with van der Waals surface area (Å²) in [5.74, 6) is 0.666. The molecule has 0 saturated heterocycles. The Kier molecular flexibility index (Phi) is 8.99. The zero-order valence-electron chi connectivity index (χ0n) is 23.1. The van der Waals surface area contributed by atoms with E-state index in [1.807, 2.05) is 24.3 Å². The van der Waals surface area contributed by atoms with Crippen LogP contribution in [-0.2, 0) is 23.7 Å². The molecule has 7 nitrogen and oxygen atoms in total. The first kappa shape index (κ1) is 28.3. The van der Waals surface area contributed by atoms with E-state index in [-0.39, 0.29) is 10.9 Å². The first-order valence-corrected chi connectivity index (χ1v) is 15.3. The summed E-state index contributed by atoms with van der Waals surface area (Å²) in [6.07, 6.45) is 0.638. The van der Waals surface area contributed by atoms with Crippen LogP contribution in [0.2, 0.25) is 5.04 Å². The fourth-order valence-corrected chi connectivity index (χ4v) is 9.62. The lowest BCUT2D eigenvalue weighted by Gasteiger charge is -2.43. The highest BCUT2D eigenvalue weighted by Gasteiger charge is 2.50. The van der Waals surface area contributed by atoms with Gasteiger partial charge < -0.3 is 19.3 Å². The number of carbonyl (C=O) groups is 1. The van der Waals surface area contributed by atoms with Crippen molar-refractivity contribution in [2.75, 3.05) is 6.61 Å². The highest BCUT2D eigenvalue weighted by Crippen LogP contribution is 2.36. The molecule has 8 heteroatoms. The quantitative estimate of drug-likeness (QED) is 0.249. The van der Waals surface area contributed by atoms with Gasteiger partial charge in [-0.3, -0.25) is 0 Å². The van der Waals surface area contributed by atoms with Crippen molar-refractivity contribution < 1.29 is 18.7 Å². The molecule has 39 heavy (non-hydrogen) atoms. The number of hydrogen-bond acceptors (Lipinski definition) is 5. The number of amides is 1. The van der Waals surface area contributed by atoms with Gasteiger partial charge in [-0.2, -0.15) is 0 Å². The average molecular weight is 544 g/mol. The van der Waals surface area contributed by atoms with Crippen LogP contribution in [0.1, 0.15) is 56.6 Å². The third kappa shape index (κ3) is 6.64. The molecule has 0 radical (unpaired) electrons. The third-order valence-electron chi connectivity index (χ3n) is 7.00. The number of nitrogens with zero attached hydrogens (tertiary/aromatic N) is 2. The lowest BCUT2D eigenvalue weighted by molar-refractivity contribution is 0.187. The first-order valence-electron chi connectivity index (χ1n) is 13.4. The second kappa shape index (κ2) is 12.4. The molecule has 1 amide bonds. The van der Waals surface area contributed by atoms with E-state index in [0.717, 1.165) is 12.0 Å². The van der Waals surface area contributed by atoms with Gasteiger partial charge >= 0.3 is 6.09 Å². The molecule has 1 atom stereocenters. The van der Waals surface area contributed by atoms with Gasteiger partial charge in [0, 0.05) is 19.4 Å². The van der Waals surface area contributed by atoms with E-state index in [1.54, 1.807) is 0 Å². The van der Waals surface area contributed by atoms with Gasteiger partial charge in [-0.05, 0) is 33.0 Å². The Hall–Kier alpha value is -3.75. The second-order valence-electron chi connectivity index (χ2n) is 10.7. The molecule has 4 aromatic rings. The molecular formula is C31H37N3O4Si. The second-order valence-corrected chi connectivity index (χ2v) is 15.0. The van der Waals surface area contributed by atoms with Gasteiger partial charge in [-0.15, -0.1) is 10.2 Å². The maximum absolute atomic E-state index is 11.5. The number of rotatable bonds is 11. The molecule has 1 aromatic heterocycles. The van der Waals surface area contributed by atoms with Crippen LogP contribution in [0, 0.1) is 0 Å². The molecule has 0 fully saturated rings. The van der Waals surface area contributed by atoms with Crippen LogP contribution in [-0.4, -0.2) is 36.3 Å². The van der Waals surface area contributed by atoms with E-state index in [9.17, 15) is 9.90 Å². The molecule has 0 aliphatic rings. The van der Waals surface area contributed by atoms with Crippen LogP contribution in [0.3, 0.4) is 0 Å². The van der Waals surface area contributed by atoms with Crippen LogP contribution in [0.5, 0.6) is 0 Å². The zero-order chi connectivity index (χ0) is 27.9. The normalized spacial score (nSPS) is 12.7. The van der Waals surface area contributed by atoms with Gasteiger partial charge in [0.05, 0.1) is 0 Å². The predicted octanol–water partition coefficient (Wildman–Crippen LogP) is 5.30. The summed E-state index contributed by atoms with van der Waals surface area (Å²) in [5, 5.41) is 22.6. The Morgan fingerprint density at radius 3 is 2.00 bits per heavy atom. The van der Waals surface area contributed by atoms with E-state index < -0.39 is 20.5 Å². The molecule has 2 N–H and O–H groups in total. The SMILES string of the molecule is CCc1ccc(CC(NC(=O)O)c2nnc(CCO[Si](c3ccccc3)(c3ccccc3)C(C)(C)C)o2)cc1. The summed E-state index contributed by atoms with van der Waals surface area (Å²) < 4.78 is 12.9. The van der Waals surface area contributed by atoms with Crippen LogP contribution < -0.4 is 15.7 Å². The van der Waals surface area contributed by atoms with E-state index in [2.05, 4.69) is 104 Å². The molecule has 4 rings (SSSR count). The predicted molar refractivity (Wildman–Crippen MR) is 155 cm³/mol. The topological polar surface area (TPSA) is 97.5 Å². The monoisotopic (exact) mass is 543 g/mol. The largest absolute Gasteiger partial charge is 0.465 e. The van der Waals surface area contributed by atoms with Crippen LogP contribution in [0.25, 0.3) is 0 Å². The third-order valence-corrected chi connectivity index (χ3v) is 12.0. The van der Waals surface area contributed by atoms with E-state index in [1.165, 1.54) is 15.9 Å². The maximum Gasteiger partial charge on any atom is 0.405 e. The van der Waals surface area contributed by atoms with E-state index in [4.69, 9.17) is 8.84 Å². The first-order chi connectivity index (χ1) is 18.7. The van der Waals surface area contributed by atoms with Crippen LogP contribution in [0.15, 0.2) is 89.3 Å². The summed E-state index contributed by atoms with van der Waals surface area (Å²) in [6.45, 7) is 9.20. The minimum absolute atomic E-state index is 0.139. The molecule has 0 saturated carbocycles. The van der Waals surface area contributed by atoms with Gasteiger partial charge in [-0.25, -0.2) is 4.79 Å². The minimum atomic E-state index is -2.68. The van der Waals surface area contributed by atoms with Crippen molar-refractivity contribution in [1.82, 2.24) is 15.5 Å². The Bertz CT molecular complexity index is 1300. The number of benzene rings is 3. The standard InChI is InChI=1S/C31H37N3O4Si/c1-5-23-16-18-24(19-17-23)22-27(32-30(35)36)29-34-33-28(38-29)20-21-37-39(31(2,3)4,25-12-8-6-9-13-25)26-14-10-7-11-15-26/h6-19,27,32H,5,20-22H2,1-4H3,(H,35,36). The fraction of sp³-hybridized carbons (Fsp3) is 0.323. The van der Waals surface area contributed by atoms with Crippen molar-refractivity contribution in [2.24, 2.45) is 0 Å². The summed E-state index contributed by atoms with van der Waals surface area (Å²) in [6, 6.07) is 28.4. The molecule has 0 aliphatic carbocycles. The van der Waals surface area contributed by atoms with Gasteiger partial charge in [0.15, 0.2) is 0 Å². The molecule has 204 valence electrons. The van der Waals surface area contributed by atoms with Crippen molar-refractivity contribution in [3.63, 3.8) is 0 Å². The van der Waals surface area contributed by atoms with Crippen molar-refractivity contribution in [3.8, 4) is 0 Å². The van der Waals surface area contributed by atoms with Crippen molar-refractivity contribution in [2.45, 2.75) is 58.0 Å². The number of nitrogens with one attached hydrogen (secondary N) is 1. The van der Waals surface area contributed by atoms with Crippen molar-refractivity contribution in [3.05, 3.63) is 108 Å². The average Bonchev–Trinajstić information content (AvgIpc) is 3.40. The maximum atomic E-state index is 11.5. The number of hydrogen-bond donors (Lipinski definition) is 2. The van der Waals surface area contributed by atoms with Crippen molar-refractivity contribution in [1.29, 1.82) is 0 Å². The highest BCUT2D eigenvalue weighted by atomic mass is 28.4. The molecule has 3 aromatic carbocycles. The molecule has 1 heterocycles. The summed E-state index contributed by atoms with van der Waals surface area (Å²) in [5.41, 5.74) is 2.21. The molecule has 0 aliphatic heterocycles. The van der Waals surface area contributed by atoms with Crippen molar-refractivity contribution >= 4 is 24.8 Å². The molecule has 0 bridgehead atoms. The lowest BCUT2D eigenvalue weighted by atomic mass is 10.0. The van der Waals surface area contributed by atoms with Crippen LogP contribution in [0.4, 0.5) is 4.79 Å². The van der Waals surface area contributed by atoms with Gasteiger partial charge in [0.2, 0.25) is 11.8 Å². The Labute approximate surface area is 231 Å². The minimum Gasteiger partial charge on any atom is -0.465 e. The van der Waals surface area contributed by atoms with Gasteiger partial charge in [-0.1, -0.05) is 113 Å². The Balaban J connectivity index is 1.54.